The van der Waals surface area contributed by atoms with Gasteiger partial charge in [0, 0.05) is 11.5 Å². The normalized spacial score (nSPS) is 35.4. The molecule has 1 saturated heterocycles. The number of hydrogen-bond acceptors (Lipinski definition) is 1. The van der Waals surface area contributed by atoms with Crippen molar-refractivity contribution in [2.24, 2.45) is 5.92 Å². The lowest BCUT2D eigenvalue weighted by molar-refractivity contribution is 0.0241. The first kappa shape index (κ1) is 10.4. The van der Waals surface area contributed by atoms with E-state index in [0.29, 0.717) is 23.3 Å². The van der Waals surface area contributed by atoms with Gasteiger partial charge in [0.2, 0.25) is 0 Å². The van der Waals surface area contributed by atoms with Gasteiger partial charge in [0.05, 0.1) is 18.1 Å². The summed E-state index contributed by atoms with van der Waals surface area (Å²) in [6, 6.07) is 0. The molecule has 0 saturated carbocycles. The molecule has 1 fully saturated rings. The Bertz CT molecular complexity index is 181. The van der Waals surface area contributed by atoms with Crippen molar-refractivity contribution in [2.75, 3.05) is 12.5 Å². The zero-order valence-electron chi connectivity index (χ0n) is 7.28. The molecule has 0 N–H and O–H groups in total. The van der Waals surface area contributed by atoms with Crippen LogP contribution in [0.2, 0.25) is 0 Å². The molecule has 1 rings (SSSR count). The standard InChI is InChI=1S/C9H14Cl2O/c1-7-3-9(6-10,12-5-7)4-8(2)11/h7H,2-6H2,1H3. The molecule has 0 aromatic carbocycles. The second kappa shape index (κ2) is 3.99. The maximum Gasteiger partial charge on any atom is 0.0869 e. The van der Waals surface area contributed by atoms with Gasteiger partial charge in [-0.3, -0.25) is 0 Å². The summed E-state index contributed by atoms with van der Waals surface area (Å²) in [5.74, 6) is 1.09. The van der Waals surface area contributed by atoms with Crippen molar-refractivity contribution >= 4 is 23.2 Å². The van der Waals surface area contributed by atoms with Crippen LogP contribution >= 0.6 is 23.2 Å². The topological polar surface area (TPSA) is 9.23 Å². The quantitative estimate of drug-likeness (QED) is 0.648. The minimum absolute atomic E-state index is 0.236. The molecular formula is C9H14Cl2O. The Labute approximate surface area is 83.7 Å². The van der Waals surface area contributed by atoms with E-state index >= 15 is 0 Å². The van der Waals surface area contributed by atoms with Crippen LogP contribution in [0.15, 0.2) is 11.6 Å². The van der Waals surface area contributed by atoms with E-state index in [1.165, 1.54) is 0 Å². The zero-order chi connectivity index (χ0) is 9.19. The summed E-state index contributed by atoms with van der Waals surface area (Å²) in [6.07, 6.45) is 1.66. The lowest BCUT2D eigenvalue weighted by Gasteiger charge is -2.25. The number of halogens is 2. The van der Waals surface area contributed by atoms with Gasteiger partial charge in [-0.1, -0.05) is 25.1 Å². The summed E-state index contributed by atoms with van der Waals surface area (Å²) in [7, 11) is 0. The molecule has 70 valence electrons. The Morgan fingerprint density at radius 1 is 1.75 bits per heavy atom. The number of hydrogen-bond donors (Lipinski definition) is 0. The molecule has 2 unspecified atom stereocenters. The zero-order valence-corrected chi connectivity index (χ0v) is 8.79. The van der Waals surface area contributed by atoms with Crippen molar-refractivity contribution in [3.05, 3.63) is 11.6 Å². The molecule has 0 spiro atoms. The molecule has 12 heavy (non-hydrogen) atoms. The first-order valence-corrected chi connectivity index (χ1v) is 5.02. The van der Waals surface area contributed by atoms with Crippen molar-refractivity contribution in [1.29, 1.82) is 0 Å². The summed E-state index contributed by atoms with van der Waals surface area (Å²) in [5, 5.41) is 0.629. The van der Waals surface area contributed by atoms with Crippen molar-refractivity contribution in [3.63, 3.8) is 0 Å². The fraction of sp³-hybridized carbons (Fsp3) is 0.778. The molecule has 1 nitrogen and oxygen atoms in total. The summed E-state index contributed by atoms with van der Waals surface area (Å²) in [5.41, 5.74) is -0.236. The molecule has 0 aromatic rings. The highest BCUT2D eigenvalue weighted by atomic mass is 35.5. The van der Waals surface area contributed by atoms with Crippen LogP contribution < -0.4 is 0 Å². The second-order valence-electron chi connectivity index (χ2n) is 3.63. The third kappa shape index (κ3) is 2.38. The van der Waals surface area contributed by atoms with Crippen LogP contribution in [0, 0.1) is 5.92 Å². The fourth-order valence-corrected chi connectivity index (χ4v) is 2.21. The largest absolute Gasteiger partial charge is 0.373 e. The van der Waals surface area contributed by atoms with E-state index in [4.69, 9.17) is 27.9 Å². The Hall–Kier alpha value is 0.280. The minimum atomic E-state index is -0.236. The fourth-order valence-electron chi connectivity index (χ4n) is 1.69. The summed E-state index contributed by atoms with van der Waals surface area (Å²) in [6.45, 7) is 6.61. The van der Waals surface area contributed by atoms with Crippen LogP contribution in [0.5, 0.6) is 0 Å². The van der Waals surface area contributed by atoms with Crippen LogP contribution in [0.25, 0.3) is 0 Å². The Morgan fingerprint density at radius 3 is 2.75 bits per heavy atom. The Morgan fingerprint density at radius 2 is 2.42 bits per heavy atom. The lowest BCUT2D eigenvalue weighted by atomic mass is 9.94. The average Bonchev–Trinajstić information content (AvgIpc) is 2.32. The van der Waals surface area contributed by atoms with E-state index in [1.54, 1.807) is 0 Å². The maximum absolute atomic E-state index is 5.85. The van der Waals surface area contributed by atoms with Gasteiger partial charge in [-0.15, -0.1) is 11.6 Å². The van der Waals surface area contributed by atoms with E-state index < -0.39 is 0 Å². The monoisotopic (exact) mass is 208 g/mol. The first-order chi connectivity index (χ1) is 5.58. The maximum atomic E-state index is 5.85. The smallest absolute Gasteiger partial charge is 0.0869 e. The van der Waals surface area contributed by atoms with Gasteiger partial charge < -0.3 is 4.74 Å². The number of alkyl halides is 1. The molecule has 0 aromatic heterocycles. The molecule has 1 heterocycles. The van der Waals surface area contributed by atoms with Crippen LogP contribution in [0.1, 0.15) is 19.8 Å². The van der Waals surface area contributed by atoms with E-state index in [1.807, 2.05) is 0 Å². The van der Waals surface area contributed by atoms with Crippen molar-refractivity contribution in [2.45, 2.75) is 25.4 Å². The highest BCUT2D eigenvalue weighted by Crippen LogP contribution is 2.36. The third-order valence-corrected chi connectivity index (χ3v) is 2.77. The van der Waals surface area contributed by atoms with Crippen LogP contribution in [0.4, 0.5) is 0 Å². The number of rotatable bonds is 3. The van der Waals surface area contributed by atoms with Gasteiger partial charge in [0.1, 0.15) is 0 Å². The van der Waals surface area contributed by atoms with Gasteiger partial charge in [0.15, 0.2) is 0 Å². The van der Waals surface area contributed by atoms with E-state index in [2.05, 4.69) is 13.5 Å². The molecule has 0 radical (unpaired) electrons. The van der Waals surface area contributed by atoms with Crippen LogP contribution in [0.3, 0.4) is 0 Å². The van der Waals surface area contributed by atoms with Crippen LogP contribution in [-0.2, 0) is 4.74 Å². The minimum Gasteiger partial charge on any atom is -0.373 e. The SMILES string of the molecule is C=C(Cl)CC1(CCl)CC(C)CO1. The summed E-state index contributed by atoms with van der Waals surface area (Å²) in [4.78, 5) is 0. The Kier molecular flexibility index (Phi) is 3.45. The molecule has 2 atom stereocenters. The Balaban J connectivity index is 2.58. The highest BCUT2D eigenvalue weighted by Gasteiger charge is 2.38. The molecular weight excluding hydrogens is 195 g/mol. The molecule has 1 aliphatic rings. The van der Waals surface area contributed by atoms with E-state index in [-0.39, 0.29) is 5.60 Å². The molecule has 1 aliphatic heterocycles. The van der Waals surface area contributed by atoms with Gasteiger partial charge in [-0.25, -0.2) is 0 Å². The predicted octanol–water partition coefficient (Wildman–Crippen LogP) is 3.16. The molecule has 0 aliphatic carbocycles. The van der Waals surface area contributed by atoms with E-state index in [0.717, 1.165) is 13.0 Å². The lowest BCUT2D eigenvalue weighted by Crippen LogP contribution is -2.30. The second-order valence-corrected chi connectivity index (χ2v) is 4.43. The average molecular weight is 209 g/mol. The number of ether oxygens (including phenoxy) is 1. The predicted molar refractivity (Wildman–Crippen MR) is 52.8 cm³/mol. The summed E-state index contributed by atoms with van der Waals surface area (Å²) >= 11 is 11.6. The van der Waals surface area contributed by atoms with E-state index in [9.17, 15) is 0 Å². The van der Waals surface area contributed by atoms with Crippen molar-refractivity contribution < 1.29 is 4.74 Å². The van der Waals surface area contributed by atoms with Crippen molar-refractivity contribution in [3.8, 4) is 0 Å². The van der Waals surface area contributed by atoms with Crippen LogP contribution in [-0.4, -0.2) is 18.1 Å². The molecule has 0 bridgehead atoms. The van der Waals surface area contributed by atoms with Crippen molar-refractivity contribution in [1.82, 2.24) is 0 Å². The van der Waals surface area contributed by atoms with Gasteiger partial charge >= 0.3 is 0 Å². The summed E-state index contributed by atoms with van der Waals surface area (Å²) < 4.78 is 5.64. The first-order valence-electron chi connectivity index (χ1n) is 4.11. The molecule has 3 heteroatoms. The van der Waals surface area contributed by atoms with Gasteiger partial charge in [0.25, 0.3) is 0 Å². The van der Waals surface area contributed by atoms with Gasteiger partial charge in [-0.05, 0) is 12.3 Å². The molecule has 0 amide bonds. The highest BCUT2D eigenvalue weighted by molar-refractivity contribution is 6.29. The van der Waals surface area contributed by atoms with Gasteiger partial charge in [-0.2, -0.15) is 0 Å². The third-order valence-electron chi connectivity index (χ3n) is 2.15.